The first-order chi connectivity index (χ1) is 15.7. The van der Waals surface area contributed by atoms with E-state index in [-0.39, 0.29) is 18.5 Å². The monoisotopic (exact) mass is 459 g/mol. The SMILES string of the molecule is CCC(C(=O)NC(CC(=O)O)C(=O)CF)n1cccc(NC(=O)Cc2cccc(C)c2)c1=O. The molecule has 0 saturated carbocycles. The van der Waals surface area contributed by atoms with Crippen molar-refractivity contribution in [1.82, 2.24) is 9.88 Å². The van der Waals surface area contributed by atoms with Crippen molar-refractivity contribution < 1.29 is 28.7 Å². The number of aryl methyl sites for hydroxylation is 1. The van der Waals surface area contributed by atoms with E-state index in [9.17, 15) is 28.4 Å². The molecule has 3 N–H and O–H groups in total. The fourth-order valence-corrected chi connectivity index (χ4v) is 3.34. The van der Waals surface area contributed by atoms with Crippen molar-refractivity contribution in [3.05, 3.63) is 64.1 Å². The fourth-order valence-electron chi connectivity index (χ4n) is 3.34. The van der Waals surface area contributed by atoms with Crippen molar-refractivity contribution in [2.75, 3.05) is 12.0 Å². The third kappa shape index (κ3) is 7.09. The minimum absolute atomic E-state index is 0.0386. The van der Waals surface area contributed by atoms with Crippen LogP contribution in [-0.4, -0.2) is 46.0 Å². The van der Waals surface area contributed by atoms with Gasteiger partial charge in [0.25, 0.3) is 5.56 Å². The largest absolute Gasteiger partial charge is 0.481 e. The molecule has 2 rings (SSSR count). The summed E-state index contributed by atoms with van der Waals surface area (Å²) in [6.45, 7) is 2.08. The number of pyridine rings is 1. The molecule has 0 radical (unpaired) electrons. The maximum atomic E-state index is 12.9. The quantitative estimate of drug-likeness (QED) is 0.469. The Kier molecular flexibility index (Phi) is 9.02. The highest BCUT2D eigenvalue weighted by molar-refractivity contribution is 5.94. The lowest BCUT2D eigenvalue weighted by molar-refractivity contribution is -0.140. The second-order valence-corrected chi connectivity index (χ2v) is 7.53. The molecule has 2 amide bonds. The van der Waals surface area contributed by atoms with Crippen LogP contribution in [0.3, 0.4) is 0 Å². The molecule has 1 aromatic heterocycles. The highest BCUT2D eigenvalue weighted by Crippen LogP contribution is 2.13. The van der Waals surface area contributed by atoms with Crippen LogP contribution in [0, 0.1) is 6.92 Å². The van der Waals surface area contributed by atoms with Gasteiger partial charge in [0.15, 0.2) is 5.78 Å². The number of benzene rings is 1. The molecule has 2 unspecified atom stereocenters. The minimum Gasteiger partial charge on any atom is -0.481 e. The molecular formula is C23H26FN3O6. The van der Waals surface area contributed by atoms with Gasteiger partial charge in [-0.3, -0.25) is 24.0 Å². The normalized spacial score (nSPS) is 12.5. The number of carboxylic acid groups (broad SMARTS) is 1. The van der Waals surface area contributed by atoms with Crippen molar-refractivity contribution in [3.63, 3.8) is 0 Å². The van der Waals surface area contributed by atoms with E-state index in [0.717, 1.165) is 15.7 Å². The zero-order valence-electron chi connectivity index (χ0n) is 18.3. The van der Waals surface area contributed by atoms with Crippen molar-refractivity contribution in [1.29, 1.82) is 0 Å². The maximum Gasteiger partial charge on any atom is 0.305 e. The Bertz CT molecular complexity index is 1100. The van der Waals surface area contributed by atoms with Crippen molar-refractivity contribution in [2.24, 2.45) is 0 Å². The smallest absolute Gasteiger partial charge is 0.305 e. The summed E-state index contributed by atoms with van der Waals surface area (Å²) in [7, 11) is 0. The number of hydrogen-bond acceptors (Lipinski definition) is 5. The third-order valence-corrected chi connectivity index (χ3v) is 4.94. The van der Waals surface area contributed by atoms with Crippen LogP contribution in [0.4, 0.5) is 10.1 Å². The van der Waals surface area contributed by atoms with E-state index in [2.05, 4.69) is 10.6 Å². The summed E-state index contributed by atoms with van der Waals surface area (Å²) in [6.07, 6.45) is 0.732. The second kappa shape index (κ2) is 11.7. The maximum absolute atomic E-state index is 12.9. The lowest BCUT2D eigenvalue weighted by Gasteiger charge is -2.22. The molecule has 10 heteroatoms. The van der Waals surface area contributed by atoms with Crippen LogP contribution >= 0.6 is 0 Å². The third-order valence-electron chi connectivity index (χ3n) is 4.94. The molecule has 176 valence electrons. The molecule has 0 aliphatic carbocycles. The van der Waals surface area contributed by atoms with Crippen molar-refractivity contribution >= 4 is 29.3 Å². The number of rotatable bonds is 11. The number of aromatic nitrogens is 1. The summed E-state index contributed by atoms with van der Waals surface area (Å²) in [5.74, 6) is -3.69. The van der Waals surface area contributed by atoms with Gasteiger partial charge in [0.2, 0.25) is 11.8 Å². The number of carbonyl (C=O) groups is 4. The molecule has 1 heterocycles. The highest BCUT2D eigenvalue weighted by Gasteiger charge is 2.28. The van der Waals surface area contributed by atoms with Crippen LogP contribution in [0.5, 0.6) is 0 Å². The number of ketones is 1. The molecule has 33 heavy (non-hydrogen) atoms. The molecule has 0 bridgehead atoms. The van der Waals surface area contributed by atoms with E-state index in [4.69, 9.17) is 5.11 Å². The van der Waals surface area contributed by atoms with E-state index in [1.807, 2.05) is 25.1 Å². The van der Waals surface area contributed by atoms with Gasteiger partial charge in [-0.15, -0.1) is 0 Å². The molecule has 0 aliphatic heterocycles. The summed E-state index contributed by atoms with van der Waals surface area (Å²) in [5, 5.41) is 13.7. The number of nitrogens with zero attached hydrogens (tertiary/aromatic N) is 1. The van der Waals surface area contributed by atoms with Crippen molar-refractivity contribution in [2.45, 2.75) is 45.2 Å². The zero-order valence-corrected chi connectivity index (χ0v) is 18.3. The number of alkyl halides is 1. The van der Waals surface area contributed by atoms with E-state index in [1.54, 1.807) is 13.0 Å². The number of halogens is 1. The molecule has 0 fully saturated rings. The number of aliphatic carboxylic acids is 1. The Hall–Kier alpha value is -3.82. The molecule has 0 saturated heterocycles. The number of carbonyl (C=O) groups excluding carboxylic acids is 3. The molecule has 9 nitrogen and oxygen atoms in total. The molecule has 0 aliphatic rings. The summed E-state index contributed by atoms with van der Waals surface area (Å²) in [6, 6.07) is 7.58. The minimum atomic E-state index is -1.55. The number of hydrogen-bond donors (Lipinski definition) is 3. The standard InChI is InChI=1S/C23H26FN3O6/c1-3-18(22(32)26-17(12-21(30)31)19(28)13-24)27-9-5-8-16(23(27)33)25-20(29)11-15-7-4-6-14(2)10-15/h4-10,17-18H,3,11-13H2,1-2H3,(H,25,29)(H,26,32)(H,30,31). The Morgan fingerprint density at radius 3 is 2.48 bits per heavy atom. The number of anilines is 1. The van der Waals surface area contributed by atoms with Gasteiger partial charge in [0.1, 0.15) is 24.4 Å². The highest BCUT2D eigenvalue weighted by atomic mass is 19.1. The predicted molar refractivity (Wildman–Crippen MR) is 119 cm³/mol. The second-order valence-electron chi connectivity index (χ2n) is 7.53. The Morgan fingerprint density at radius 2 is 1.88 bits per heavy atom. The molecule has 2 aromatic rings. The first kappa shape index (κ1) is 25.4. The van der Waals surface area contributed by atoms with Crippen molar-refractivity contribution in [3.8, 4) is 0 Å². The number of nitrogens with one attached hydrogen (secondary N) is 2. The van der Waals surface area contributed by atoms with Gasteiger partial charge in [-0.25, -0.2) is 4.39 Å². The van der Waals surface area contributed by atoms with E-state index in [1.165, 1.54) is 18.3 Å². The van der Waals surface area contributed by atoms with Crippen LogP contribution in [0.25, 0.3) is 0 Å². The first-order valence-electron chi connectivity index (χ1n) is 10.3. The Morgan fingerprint density at radius 1 is 1.15 bits per heavy atom. The van der Waals surface area contributed by atoms with Gasteiger partial charge in [-0.1, -0.05) is 36.8 Å². The average Bonchev–Trinajstić information content (AvgIpc) is 2.75. The predicted octanol–water partition coefficient (Wildman–Crippen LogP) is 1.79. The Balaban J connectivity index is 2.21. The summed E-state index contributed by atoms with van der Waals surface area (Å²) >= 11 is 0. The van der Waals surface area contributed by atoms with E-state index in [0.29, 0.717) is 0 Å². The zero-order chi connectivity index (χ0) is 24.5. The fraction of sp³-hybridized carbons (Fsp3) is 0.348. The van der Waals surface area contributed by atoms with Gasteiger partial charge in [0, 0.05) is 6.20 Å². The summed E-state index contributed by atoms with van der Waals surface area (Å²) < 4.78 is 13.8. The molecular weight excluding hydrogens is 433 g/mol. The topological polar surface area (TPSA) is 135 Å². The number of Topliss-reactive ketones (excluding diaryl/α,β-unsaturated/α-hetero) is 1. The van der Waals surface area contributed by atoms with E-state index >= 15 is 0 Å². The average molecular weight is 459 g/mol. The van der Waals surface area contributed by atoms with Crippen LogP contribution < -0.4 is 16.2 Å². The lowest BCUT2D eigenvalue weighted by Crippen LogP contribution is -2.47. The van der Waals surface area contributed by atoms with Crippen LogP contribution in [0.2, 0.25) is 0 Å². The molecule has 0 spiro atoms. The van der Waals surface area contributed by atoms with Crippen LogP contribution in [0.1, 0.15) is 36.9 Å². The van der Waals surface area contributed by atoms with Gasteiger partial charge in [0.05, 0.1) is 12.8 Å². The van der Waals surface area contributed by atoms with Crippen LogP contribution in [-0.2, 0) is 25.6 Å². The lowest BCUT2D eigenvalue weighted by atomic mass is 10.1. The summed E-state index contributed by atoms with van der Waals surface area (Å²) in [5.41, 5.74) is 1.08. The van der Waals surface area contributed by atoms with Gasteiger partial charge in [-0.2, -0.15) is 0 Å². The Labute approximate surface area is 189 Å². The molecule has 2 atom stereocenters. The molecule has 1 aromatic carbocycles. The summed E-state index contributed by atoms with van der Waals surface area (Å²) in [4.78, 5) is 60.7. The van der Waals surface area contributed by atoms with Crippen LogP contribution in [0.15, 0.2) is 47.4 Å². The van der Waals surface area contributed by atoms with Gasteiger partial charge in [-0.05, 0) is 31.0 Å². The first-order valence-corrected chi connectivity index (χ1v) is 10.3. The number of amides is 2. The van der Waals surface area contributed by atoms with Gasteiger partial charge >= 0.3 is 5.97 Å². The van der Waals surface area contributed by atoms with E-state index < -0.39 is 54.3 Å². The number of carboxylic acids is 1. The van der Waals surface area contributed by atoms with Gasteiger partial charge < -0.3 is 20.3 Å².